The van der Waals surface area contributed by atoms with E-state index in [2.05, 4.69) is 10.6 Å². The molecule has 0 saturated carbocycles. The molecule has 2 aliphatic rings. The van der Waals surface area contributed by atoms with Crippen LogP contribution in [0.5, 0.6) is 5.75 Å². The molecule has 0 saturated heterocycles. The number of nitrogens with zero attached hydrogens (tertiary/aromatic N) is 1. The molecular weight excluding hydrogens is 402 g/mol. The summed E-state index contributed by atoms with van der Waals surface area (Å²) in [5, 5.41) is 7.77. The van der Waals surface area contributed by atoms with Crippen molar-refractivity contribution in [1.29, 1.82) is 0 Å². The van der Waals surface area contributed by atoms with Crippen LogP contribution >= 0.6 is 0 Å². The van der Waals surface area contributed by atoms with E-state index in [1.165, 1.54) is 11.6 Å². The summed E-state index contributed by atoms with van der Waals surface area (Å²) in [6, 6.07) is 12.9. The first kappa shape index (κ1) is 20.2. The number of ketones is 2. The number of anilines is 1. The smallest absolute Gasteiger partial charge is 0.209 e. The number of pyridine rings is 1. The third-order valence-electron chi connectivity index (χ3n) is 6.17. The van der Waals surface area contributed by atoms with E-state index < -0.39 is 0 Å². The van der Waals surface area contributed by atoms with Crippen LogP contribution in [0.25, 0.3) is 10.9 Å². The van der Waals surface area contributed by atoms with Crippen molar-refractivity contribution in [1.82, 2.24) is 10.3 Å². The molecule has 1 heterocycles. The van der Waals surface area contributed by atoms with Gasteiger partial charge >= 0.3 is 0 Å². The van der Waals surface area contributed by atoms with E-state index in [0.717, 1.165) is 53.7 Å². The Morgan fingerprint density at radius 1 is 0.969 bits per heavy atom. The van der Waals surface area contributed by atoms with Gasteiger partial charge in [-0.15, -0.1) is 0 Å². The minimum absolute atomic E-state index is 0.142. The Hall–Kier alpha value is -3.67. The average molecular weight is 428 g/mol. The second-order valence-corrected chi connectivity index (χ2v) is 8.15. The first-order valence-corrected chi connectivity index (χ1v) is 11.0. The van der Waals surface area contributed by atoms with E-state index in [9.17, 15) is 9.59 Å². The zero-order valence-corrected chi connectivity index (χ0v) is 18.0. The van der Waals surface area contributed by atoms with Crippen molar-refractivity contribution >= 4 is 28.2 Å². The van der Waals surface area contributed by atoms with Gasteiger partial charge in [0, 0.05) is 47.1 Å². The number of methoxy groups -OCH3 is 1. The number of allylic oxidation sites excluding steroid dienone is 2. The van der Waals surface area contributed by atoms with Gasteiger partial charge in [-0.05, 0) is 49.4 Å². The summed E-state index contributed by atoms with van der Waals surface area (Å²) in [4.78, 5) is 30.0. The van der Waals surface area contributed by atoms with Crippen molar-refractivity contribution in [3.63, 3.8) is 0 Å². The Bertz CT molecular complexity index is 1260. The molecule has 32 heavy (non-hydrogen) atoms. The summed E-state index contributed by atoms with van der Waals surface area (Å²) in [5.41, 5.74) is 5.75. The van der Waals surface area contributed by atoms with Gasteiger partial charge in [-0.2, -0.15) is 0 Å². The quantitative estimate of drug-likeness (QED) is 0.577. The lowest BCUT2D eigenvalue weighted by Gasteiger charge is -2.22. The summed E-state index contributed by atoms with van der Waals surface area (Å²) < 4.78 is 5.43. The molecule has 6 heteroatoms. The molecule has 3 aromatic rings. The number of hydrogen-bond donors (Lipinski definition) is 2. The fourth-order valence-electron chi connectivity index (χ4n) is 4.56. The van der Waals surface area contributed by atoms with Crippen molar-refractivity contribution in [3.05, 3.63) is 76.6 Å². The molecule has 0 amide bonds. The van der Waals surface area contributed by atoms with Gasteiger partial charge in [0.1, 0.15) is 5.75 Å². The van der Waals surface area contributed by atoms with Crippen LogP contribution in [0.15, 0.2) is 54.2 Å². The van der Waals surface area contributed by atoms with E-state index in [0.29, 0.717) is 29.9 Å². The van der Waals surface area contributed by atoms with E-state index >= 15 is 0 Å². The van der Waals surface area contributed by atoms with Gasteiger partial charge in [-0.1, -0.05) is 24.3 Å². The van der Waals surface area contributed by atoms with Crippen LogP contribution in [0.4, 0.5) is 5.69 Å². The Balaban J connectivity index is 1.35. The SMILES string of the molecule is COc1ccc2nc3c(c(NCCNC4=CC(=O)c5ccccc5C4=O)c2c1)CCCC3. The van der Waals surface area contributed by atoms with Gasteiger partial charge < -0.3 is 15.4 Å². The first-order chi connectivity index (χ1) is 15.7. The van der Waals surface area contributed by atoms with Gasteiger partial charge in [-0.3, -0.25) is 14.6 Å². The topological polar surface area (TPSA) is 80.3 Å². The van der Waals surface area contributed by atoms with Gasteiger partial charge in [-0.25, -0.2) is 0 Å². The predicted molar refractivity (Wildman–Crippen MR) is 125 cm³/mol. The molecule has 2 N–H and O–H groups in total. The maximum absolute atomic E-state index is 12.7. The molecule has 5 rings (SSSR count). The molecule has 0 spiro atoms. The molecule has 0 atom stereocenters. The number of Topliss-reactive ketones (excluding diaryl/α,β-unsaturated/α-hetero) is 1. The number of carbonyl (C=O) groups is 2. The molecule has 6 nitrogen and oxygen atoms in total. The first-order valence-electron chi connectivity index (χ1n) is 11.0. The van der Waals surface area contributed by atoms with Crippen LogP contribution < -0.4 is 15.4 Å². The van der Waals surface area contributed by atoms with Crippen molar-refractivity contribution in [2.75, 3.05) is 25.5 Å². The van der Waals surface area contributed by atoms with Crippen molar-refractivity contribution < 1.29 is 14.3 Å². The third-order valence-corrected chi connectivity index (χ3v) is 6.17. The maximum Gasteiger partial charge on any atom is 0.209 e. The monoisotopic (exact) mass is 427 g/mol. The Morgan fingerprint density at radius 3 is 2.59 bits per heavy atom. The molecule has 162 valence electrons. The lowest BCUT2D eigenvalue weighted by atomic mass is 9.92. The highest BCUT2D eigenvalue weighted by Crippen LogP contribution is 2.35. The highest BCUT2D eigenvalue weighted by atomic mass is 16.5. The molecule has 2 aromatic carbocycles. The van der Waals surface area contributed by atoms with Gasteiger partial charge in [0.05, 0.1) is 18.3 Å². The molecule has 2 aliphatic carbocycles. The van der Waals surface area contributed by atoms with Crippen LogP contribution in [0.2, 0.25) is 0 Å². The minimum Gasteiger partial charge on any atom is -0.497 e. The lowest BCUT2D eigenvalue weighted by molar-refractivity contribution is 0.0978. The van der Waals surface area contributed by atoms with Crippen molar-refractivity contribution in [3.8, 4) is 5.75 Å². The second-order valence-electron chi connectivity index (χ2n) is 8.15. The number of hydrogen-bond acceptors (Lipinski definition) is 6. The fourth-order valence-corrected chi connectivity index (χ4v) is 4.56. The predicted octanol–water partition coefficient (Wildman–Crippen LogP) is 4.09. The highest BCUT2D eigenvalue weighted by Gasteiger charge is 2.25. The maximum atomic E-state index is 12.7. The number of aryl methyl sites for hydroxylation is 1. The molecule has 0 unspecified atom stereocenters. The van der Waals surface area contributed by atoms with E-state index in [1.807, 2.05) is 18.2 Å². The number of benzene rings is 2. The lowest BCUT2D eigenvalue weighted by Crippen LogP contribution is -2.30. The zero-order chi connectivity index (χ0) is 22.1. The second kappa shape index (κ2) is 8.46. The van der Waals surface area contributed by atoms with Gasteiger partial charge in [0.25, 0.3) is 0 Å². The molecule has 0 fully saturated rings. The number of fused-ring (bicyclic) bond motifs is 3. The van der Waals surface area contributed by atoms with Gasteiger partial charge in [0.2, 0.25) is 5.78 Å². The van der Waals surface area contributed by atoms with Crippen molar-refractivity contribution in [2.24, 2.45) is 0 Å². The number of ether oxygens (including phenoxy) is 1. The number of aromatic nitrogens is 1. The summed E-state index contributed by atoms with van der Waals surface area (Å²) in [5.74, 6) is 0.514. The number of carbonyl (C=O) groups excluding carboxylic acids is 2. The summed E-state index contributed by atoms with van der Waals surface area (Å²) in [7, 11) is 1.67. The Kier molecular flexibility index (Phi) is 5.35. The number of nitrogens with one attached hydrogen (secondary N) is 2. The average Bonchev–Trinajstić information content (AvgIpc) is 2.83. The summed E-state index contributed by atoms with van der Waals surface area (Å²) >= 11 is 0. The normalized spacial score (nSPS) is 15.1. The van der Waals surface area contributed by atoms with Crippen LogP contribution in [-0.4, -0.2) is 36.7 Å². The summed E-state index contributed by atoms with van der Waals surface area (Å²) in [6.07, 6.45) is 5.71. The van der Waals surface area contributed by atoms with Crippen molar-refractivity contribution in [2.45, 2.75) is 25.7 Å². The number of rotatable bonds is 6. The van der Waals surface area contributed by atoms with Gasteiger partial charge in [0.15, 0.2) is 5.78 Å². The zero-order valence-electron chi connectivity index (χ0n) is 18.0. The van der Waals surface area contributed by atoms with Crippen LogP contribution in [0, 0.1) is 0 Å². The standard InChI is InChI=1S/C26H25N3O3/c1-32-16-10-11-22-20(14-16)25(19-8-4-5-9-21(19)29-22)28-13-12-27-23-15-24(30)17-6-2-3-7-18(17)26(23)31/h2-3,6-7,10-11,14-15,27H,4-5,8-9,12-13H2,1H3,(H,28,29). The molecule has 0 aliphatic heterocycles. The third kappa shape index (κ3) is 3.62. The van der Waals surface area contributed by atoms with E-state index in [-0.39, 0.29) is 11.6 Å². The molecule has 0 bridgehead atoms. The van der Waals surface area contributed by atoms with E-state index in [4.69, 9.17) is 9.72 Å². The molecular formula is C26H25N3O3. The van der Waals surface area contributed by atoms with Crippen LogP contribution in [0.1, 0.15) is 44.8 Å². The van der Waals surface area contributed by atoms with Crippen LogP contribution in [-0.2, 0) is 12.8 Å². The summed E-state index contributed by atoms with van der Waals surface area (Å²) in [6.45, 7) is 1.11. The van der Waals surface area contributed by atoms with Crippen LogP contribution in [0.3, 0.4) is 0 Å². The highest BCUT2D eigenvalue weighted by molar-refractivity contribution is 6.24. The largest absolute Gasteiger partial charge is 0.497 e. The molecule has 1 aromatic heterocycles. The fraction of sp³-hybridized carbons (Fsp3) is 0.269. The molecule has 0 radical (unpaired) electrons. The minimum atomic E-state index is -0.142. The Labute approximate surface area is 186 Å². The van der Waals surface area contributed by atoms with E-state index in [1.54, 1.807) is 31.4 Å². The Morgan fingerprint density at radius 2 is 1.75 bits per heavy atom.